The summed E-state index contributed by atoms with van der Waals surface area (Å²) >= 11 is 0. The Balaban J connectivity index is 5.56. The largest absolute Gasteiger partial charge is 0.481 e. The first-order valence-electron chi connectivity index (χ1n) is 12.1. The number of nitrogens with one attached hydrogen (secondary N) is 3. The van der Waals surface area contributed by atoms with Gasteiger partial charge in [-0.2, -0.15) is 0 Å². The van der Waals surface area contributed by atoms with E-state index < -0.39 is 66.4 Å². The molecule has 16 N–H and O–H groups in total. The first kappa shape index (κ1) is 34.8. The number of rotatable bonds is 19. The van der Waals surface area contributed by atoms with E-state index in [1.165, 1.54) is 6.92 Å². The summed E-state index contributed by atoms with van der Waals surface area (Å²) in [6.45, 7) is 1.43. The van der Waals surface area contributed by atoms with E-state index in [1.54, 1.807) is 0 Å². The van der Waals surface area contributed by atoms with E-state index in [0.29, 0.717) is 0 Å². The summed E-state index contributed by atoms with van der Waals surface area (Å²) in [5.74, 6) is -5.57. The highest BCUT2D eigenvalue weighted by Gasteiger charge is 2.32. The number of carboxylic acids is 2. The van der Waals surface area contributed by atoms with Crippen LogP contribution < -0.4 is 44.6 Å². The lowest BCUT2D eigenvalue weighted by atomic mass is 10.1. The van der Waals surface area contributed by atoms with E-state index in [4.69, 9.17) is 33.8 Å². The summed E-state index contributed by atoms with van der Waals surface area (Å²) in [4.78, 5) is 68.1. The second kappa shape index (κ2) is 18.1. The Morgan fingerprint density at radius 3 is 1.67 bits per heavy atom. The fraction of sp³-hybridized carbons (Fsp3) is 0.667. The number of aliphatic imine (C=N–C) groups is 2. The molecule has 0 aromatic heterocycles. The van der Waals surface area contributed by atoms with Crippen LogP contribution in [0.2, 0.25) is 0 Å². The van der Waals surface area contributed by atoms with Crippen molar-refractivity contribution in [1.29, 1.82) is 0 Å². The monoisotopic (exact) mass is 560 g/mol. The zero-order valence-corrected chi connectivity index (χ0v) is 21.7. The molecule has 0 aliphatic heterocycles. The molecule has 0 aromatic rings. The van der Waals surface area contributed by atoms with E-state index in [1.807, 2.05) is 0 Å². The number of carboxylic acid groups (broad SMARTS) is 2. The van der Waals surface area contributed by atoms with Gasteiger partial charge in [0.15, 0.2) is 11.9 Å². The van der Waals surface area contributed by atoms with E-state index in [9.17, 15) is 34.2 Å². The van der Waals surface area contributed by atoms with Crippen molar-refractivity contribution in [3.05, 3.63) is 0 Å². The summed E-state index contributed by atoms with van der Waals surface area (Å²) in [5, 5.41) is 35.3. The van der Waals surface area contributed by atoms with Crippen LogP contribution in [0.5, 0.6) is 0 Å². The molecular weight excluding hydrogens is 520 g/mol. The highest BCUT2D eigenvalue weighted by atomic mass is 16.4. The quantitative estimate of drug-likeness (QED) is 0.0401. The van der Waals surface area contributed by atoms with Crippen molar-refractivity contribution in [3.63, 3.8) is 0 Å². The van der Waals surface area contributed by atoms with Crippen LogP contribution in [0, 0.1) is 0 Å². The van der Waals surface area contributed by atoms with Crippen LogP contribution in [0.25, 0.3) is 0 Å². The number of hydrogen-bond acceptors (Lipinski definition) is 9. The Kier molecular flexibility index (Phi) is 16.2. The molecule has 0 radical (unpaired) electrons. The third-order valence-electron chi connectivity index (χ3n) is 5.21. The van der Waals surface area contributed by atoms with Gasteiger partial charge in [0.1, 0.15) is 18.1 Å². The standard InChI is InChI=1S/C21H40N10O8/c1-10(32)15(31-16(35)11(22)6-7-14(33)34)18(37)29-12(4-2-8-27-20(23)24)17(36)30-13(19(38)39)5-3-9-28-21(25)26/h10-13,15,32H,2-9,22H2,1H3,(H,29,37)(H,30,36)(H,31,35)(H,33,34)(H,38,39)(H4,23,24,27)(H4,25,26,28). The molecule has 0 fully saturated rings. The van der Waals surface area contributed by atoms with Crippen molar-refractivity contribution < 1.29 is 39.3 Å². The zero-order valence-electron chi connectivity index (χ0n) is 21.7. The molecule has 5 atom stereocenters. The Morgan fingerprint density at radius 2 is 1.23 bits per heavy atom. The first-order chi connectivity index (χ1) is 18.1. The molecule has 0 bridgehead atoms. The van der Waals surface area contributed by atoms with Crippen LogP contribution in [-0.2, 0) is 24.0 Å². The summed E-state index contributed by atoms with van der Waals surface area (Å²) < 4.78 is 0. The minimum atomic E-state index is -1.56. The smallest absolute Gasteiger partial charge is 0.326 e. The molecule has 0 aliphatic carbocycles. The molecule has 222 valence electrons. The average Bonchev–Trinajstić information content (AvgIpc) is 2.83. The number of carbonyl (C=O) groups excluding carboxylic acids is 3. The average molecular weight is 561 g/mol. The Labute approximate surface area is 224 Å². The number of aliphatic carboxylic acids is 2. The van der Waals surface area contributed by atoms with Crippen LogP contribution in [0.1, 0.15) is 45.4 Å². The molecule has 0 heterocycles. The highest BCUT2D eigenvalue weighted by Crippen LogP contribution is 2.06. The van der Waals surface area contributed by atoms with Crippen molar-refractivity contribution >= 4 is 41.6 Å². The number of nitrogens with two attached hydrogens (primary N) is 5. The van der Waals surface area contributed by atoms with E-state index in [0.717, 1.165) is 0 Å². The number of guanidine groups is 2. The van der Waals surface area contributed by atoms with Crippen LogP contribution in [0.4, 0.5) is 0 Å². The van der Waals surface area contributed by atoms with Crippen molar-refractivity contribution in [3.8, 4) is 0 Å². The van der Waals surface area contributed by atoms with E-state index in [-0.39, 0.29) is 57.1 Å². The van der Waals surface area contributed by atoms with Gasteiger partial charge in [-0.05, 0) is 39.0 Å². The maximum atomic E-state index is 13.0. The van der Waals surface area contributed by atoms with Crippen molar-refractivity contribution in [2.45, 2.75) is 75.7 Å². The van der Waals surface area contributed by atoms with E-state index >= 15 is 0 Å². The number of nitrogens with zero attached hydrogens (tertiary/aromatic N) is 2. The molecule has 5 unspecified atom stereocenters. The molecular formula is C21H40N10O8. The maximum Gasteiger partial charge on any atom is 0.326 e. The lowest BCUT2D eigenvalue weighted by Gasteiger charge is -2.26. The number of hydrogen-bond donors (Lipinski definition) is 11. The van der Waals surface area contributed by atoms with Crippen molar-refractivity contribution in [2.75, 3.05) is 13.1 Å². The molecule has 3 amide bonds. The molecule has 0 aliphatic rings. The molecule has 18 nitrogen and oxygen atoms in total. The number of aliphatic hydroxyl groups is 1. The molecule has 39 heavy (non-hydrogen) atoms. The lowest BCUT2D eigenvalue weighted by Crippen LogP contribution is -2.59. The minimum absolute atomic E-state index is 0.0207. The third-order valence-corrected chi connectivity index (χ3v) is 5.21. The topological polar surface area (TPSA) is 337 Å². The van der Waals surface area contributed by atoms with Gasteiger partial charge in [-0.25, -0.2) is 4.79 Å². The zero-order chi connectivity index (χ0) is 30.1. The van der Waals surface area contributed by atoms with Crippen LogP contribution in [0.15, 0.2) is 9.98 Å². The van der Waals surface area contributed by atoms with Gasteiger partial charge in [0.25, 0.3) is 0 Å². The predicted octanol–water partition coefficient (Wildman–Crippen LogP) is -4.79. The Hall–Kier alpha value is -4.19. The van der Waals surface area contributed by atoms with Crippen LogP contribution in [-0.4, -0.2) is 100 Å². The summed E-state index contributed by atoms with van der Waals surface area (Å²) in [6, 6.07) is -5.46. The summed E-state index contributed by atoms with van der Waals surface area (Å²) in [6.07, 6.45) is -1.67. The third kappa shape index (κ3) is 15.6. The van der Waals surface area contributed by atoms with Crippen molar-refractivity contribution in [2.24, 2.45) is 38.7 Å². The molecule has 0 rings (SSSR count). The number of aliphatic hydroxyl groups excluding tert-OH is 1. The fourth-order valence-corrected chi connectivity index (χ4v) is 3.14. The summed E-state index contributed by atoms with van der Waals surface area (Å²) in [5.41, 5.74) is 26.7. The van der Waals surface area contributed by atoms with Gasteiger partial charge in [0.2, 0.25) is 17.7 Å². The SMILES string of the molecule is CC(O)C(NC(=O)C(N)CCC(=O)O)C(=O)NC(CCCN=C(N)N)C(=O)NC(CCCN=C(N)N)C(=O)O. The Bertz CT molecular complexity index is 903. The van der Waals surface area contributed by atoms with Gasteiger partial charge in [-0.1, -0.05) is 0 Å². The van der Waals surface area contributed by atoms with Gasteiger partial charge in [0.05, 0.1) is 12.1 Å². The van der Waals surface area contributed by atoms with Gasteiger partial charge in [0, 0.05) is 19.5 Å². The van der Waals surface area contributed by atoms with Crippen molar-refractivity contribution in [1.82, 2.24) is 16.0 Å². The highest BCUT2D eigenvalue weighted by molar-refractivity contribution is 5.94. The molecule has 18 heteroatoms. The van der Waals surface area contributed by atoms with Crippen LogP contribution in [0.3, 0.4) is 0 Å². The normalized spacial score (nSPS) is 14.4. The fourth-order valence-electron chi connectivity index (χ4n) is 3.14. The first-order valence-corrected chi connectivity index (χ1v) is 12.1. The van der Waals surface area contributed by atoms with Gasteiger partial charge < -0.3 is 59.9 Å². The van der Waals surface area contributed by atoms with Crippen LogP contribution >= 0.6 is 0 Å². The lowest BCUT2D eigenvalue weighted by molar-refractivity contribution is -0.142. The Morgan fingerprint density at radius 1 is 0.744 bits per heavy atom. The van der Waals surface area contributed by atoms with Gasteiger partial charge in [-0.3, -0.25) is 29.2 Å². The van der Waals surface area contributed by atoms with Gasteiger partial charge >= 0.3 is 11.9 Å². The molecule has 0 saturated heterocycles. The molecule has 0 aromatic carbocycles. The summed E-state index contributed by atoms with van der Waals surface area (Å²) in [7, 11) is 0. The molecule has 0 spiro atoms. The second-order valence-electron chi connectivity index (χ2n) is 8.62. The predicted molar refractivity (Wildman–Crippen MR) is 140 cm³/mol. The minimum Gasteiger partial charge on any atom is -0.481 e. The number of carbonyl (C=O) groups is 5. The van der Waals surface area contributed by atoms with E-state index in [2.05, 4.69) is 25.9 Å². The molecule has 0 saturated carbocycles. The number of amides is 3. The maximum absolute atomic E-state index is 13.0. The van der Waals surface area contributed by atoms with Gasteiger partial charge in [-0.15, -0.1) is 0 Å². The second-order valence-corrected chi connectivity index (χ2v) is 8.62.